The van der Waals surface area contributed by atoms with E-state index in [0.29, 0.717) is 24.5 Å². The van der Waals surface area contributed by atoms with Gasteiger partial charge in [0.25, 0.3) is 0 Å². The van der Waals surface area contributed by atoms with Crippen LogP contribution in [0, 0.1) is 11.7 Å². The van der Waals surface area contributed by atoms with Gasteiger partial charge < -0.3 is 4.74 Å². The minimum Gasteiger partial charge on any atom is -0.490 e. The Kier molecular flexibility index (Phi) is 5.58. The zero-order chi connectivity index (χ0) is 16.2. The highest BCUT2D eigenvalue weighted by molar-refractivity contribution is 7.89. The number of ether oxygens (including phenoxy) is 1. The number of rotatable bonds is 9. The molecule has 0 bridgehead atoms. The molecule has 1 unspecified atom stereocenters. The molecule has 1 aliphatic carbocycles. The van der Waals surface area contributed by atoms with E-state index in [1.807, 2.05) is 0 Å². The molecule has 0 aromatic heterocycles. The second-order valence-corrected chi connectivity index (χ2v) is 7.55. The van der Waals surface area contributed by atoms with E-state index in [1.165, 1.54) is 6.07 Å². The summed E-state index contributed by atoms with van der Waals surface area (Å²) in [5, 5.41) is 0. The van der Waals surface area contributed by atoms with Crippen molar-refractivity contribution in [2.75, 3.05) is 12.4 Å². The van der Waals surface area contributed by atoms with Crippen LogP contribution in [-0.2, 0) is 10.0 Å². The maximum Gasteiger partial charge on any atom is 0.212 e. The Morgan fingerprint density at radius 1 is 1.50 bits per heavy atom. The lowest BCUT2D eigenvalue weighted by Crippen LogP contribution is -2.29. The minimum atomic E-state index is -3.39. The van der Waals surface area contributed by atoms with E-state index in [1.54, 1.807) is 25.1 Å². The molecule has 6 heteroatoms. The predicted octanol–water partition coefficient (Wildman–Crippen LogP) is 3.17. The third kappa shape index (κ3) is 5.10. The van der Waals surface area contributed by atoms with E-state index in [9.17, 15) is 12.8 Å². The lowest BCUT2D eigenvalue weighted by atomic mass is 10.1. The number of benzene rings is 1. The van der Waals surface area contributed by atoms with Crippen LogP contribution in [0.2, 0.25) is 0 Å². The van der Waals surface area contributed by atoms with E-state index in [4.69, 9.17) is 4.74 Å². The van der Waals surface area contributed by atoms with Crippen LogP contribution in [0.1, 0.15) is 37.8 Å². The van der Waals surface area contributed by atoms with Gasteiger partial charge in [-0.25, -0.2) is 17.5 Å². The molecule has 0 spiro atoms. The summed E-state index contributed by atoms with van der Waals surface area (Å²) in [5.41, 5.74) is 0.675. The van der Waals surface area contributed by atoms with Crippen molar-refractivity contribution in [1.82, 2.24) is 4.72 Å². The third-order valence-corrected chi connectivity index (χ3v) is 5.06. The molecule has 1 atom stereocenters. The Morgan fingerprint density at radius 3 is 2.86 bits per heavy atom. The first-order chi connectivity index (χ1) is 10.4. The standard InChI is InChI=1S/C16H22FNO3S/c1-3-4-9-22(19,20)18-12(2)14-7-8-15(17)16(10-14)21-11-13-5-6-13/h3,7-8,10,12-13,18H,1,4-6,9,11H2,2H3. The van der Waals surface area contributed by atoms with E-state index < -0.39 is 21.9 Å². The van der Waals surface area contributed by atoms with Crippen molar-refractivity contribution in [1.29, 1.82) is 0 Å². The van der Waals surface area contributed by atoms with E-state index in [-0.39, 0.29) is 11.5 Å². The largest absolute Gasteiger partial charge is 0.490 e. The van der Waals surface area contributed by atoms with E-state index >= 15 is 0 Å². The van der Waals surface area contributed by atoms with Gasteiger partial charge in [0.1, 0.15) is 0 Å². The number of halogens is 1. The molecule has 1 saturated carbocycles. The highest BCUT2D eigenvalue weighted by Crippen LogP contribution is 2.31. The normalized spacial score (nSPS) is 16.3. The highest BCUT2D eigenvalue weighted by atomic mass is 32.2. The first-order valence-electron chi connectivity index (χ1n) is 7.44. The van der Waals surface area contributed by atoms with Crippen LogP contribution >= 0.6 is 0 Å². The molecule has 0 radical (unpaired) electrons. The monoisotopic (exact) mass is 327 g/mol. The second kappa shape index (κ2) is 7.24. The van der Waals surface area contributed by atoms with Crippen LogP contribution in [0.25, 0.3) is 0 Å². The quantitative estimate of drug-likeness (QED) is 0.709. The van der Waals surface area contributed by atoms with Crippen molar-refractivity contribution >= 4 is 10.0 Å². The predicted molar refractivity (Wildman–Crippen MR) is 84.8 cm³/mol. The van der Waals surface area contributed by atoms with Crippen LogP contribution < -0.4 is 9.46 Å². The van der Waals surface area contributed by atoms with Crippen molar-refractivity contribution in [3.8, 4) is 5.75 Å². The van der Waals surface area contributed by atoms with Crippen LogP contribution in [0.15, 0.2) is 30.9 Å². The summed E-state index contributed by atoms with van der Waals surface area (Å²) < 4.78 is 45.6. The van der Waals surface area contributed by atoms with Gasteiger partial charge in [-0.1, -0.05) is 12.1 Å². The molecule has 1 aromatic rings. The average molecular weight is 327 g/mol. The van der Waals surface area contributed by atoms with Gasteiger partial charge in [-0.15, -0.1) is 6.58 Å². The van der Waals surface area contributed by atoms with Gasteiger partial charge in [0.2, 0.25) is 10.0 Å². The Bertz CT molecular complexity index is 626. The van der Waals surface area contributed by atoms with Crippen molar-refractivity contribution in [2.45, 2.75) is 32.2 Å². The molecule has 1 N–H and O–H groups in total. The molecule has 2 rings (SSSR count). The topological polar surface area (TPSA) is 55.4 Å². The lowest BCUT2D eigenvalue weighted by Gasteiger charge is -2.16. The summed E-state index contributed by atoms with van der Waals surface area (Å²) in [4.78, 5) is 0. The van der Waals surface area contributed by atoms with Gasteiger partial charge in [0, 0.05) is 6.04 Å². The van der Waals surface area contributed by atoms with Gasteiger partial charge >= 0.3 is 0 Å². The summed E-state index contributed by atoms with van der Waals surface area (Å²) in [5.74, 6) is 0.276. The Balaban J connectivity index is 2.03. The molecular formula is C16H22FNO3S. The lowest BCUT2D eigenvalue weighted by molar-refractivity contribution is 0.285. The number of sulfonamides is 1. The Morgan fingerprint density at radius 2 is 2.23 bits per heavy atom. The molecule has 0 aliphatic heterocycles. The number of hydrogen-bond acceptors (Lipinski definition) is 3. The van der Waals surface area contributed by atoms with Gasteiger partial charge in [-0.2, -0.15) is 0 Å². The summed E-state index contributed by atoms with van der Waals surface area (Å²) >= 11 is 0. The van der Waals surface area contributed by atoms with Crippen molar-refractivity contribution in [3.63, 3.8) is 0 Å². The third-order valence-electron chi connectivity index (χ3n) is 3.57. The summed E-state index contributed by atoms with van der Waals surface area (Å²) in [7, 11) is -3.39. The fraction of sp³-hybridized carbons (Fsp3) is 0.500. The van der Waals surface area contributed by atoms with Crippen molar-refractivity contribution < 1.29 is 17.5 Å². The van der Waals surface area contributed by atoms with Crippen LogP contribution in [0.3, 0.4) is 0 Å². The molecule has 1 aliphatic rings. The summed E-state index contributed by atoms with van der Waals surface area (Å²) in [6.07, 6.45) is 4.20. The van der Waals surface area contributed by atoms with Crippen molar-refractivity contribution in [2.24, 2.45) is 5.92 Å². The molecule has 0 saturated heterocycles. The van der Waals surface area contributed by atoms with Crippen molar-refractivity contribution in [3.05, 3.63) is 42.2 Å². The van der Waals surface area contributed by atoms with Gasteiger partial charge in [0.05, 0.1) is 12.4 Å². The molecule has 122 valence electrons. The van der Waals surface area contributed by atoms with Crippen LogP contribution in [0.5, 0.6) is 5.75 Å². The number of nitrogens with one attached hydrogen (secondary N) is 1. The van der Waals surface area contributed by atoms with E-state index in [2.05, 4.69) is 11.3 Å². The second-order valence-electron chi connectivity index (χ2n) is 5.68. The van der Waals surface area contributed by atoms with Crippen LogP contribution in [-0.4, -0.2) is 20.8 Å². The first kappa shape index (κ1) is 17.0. The van der Waals surface area contributed by atoms with Gasteiger partial charge in [-0.05, 0) is 49.8 Å². The zero-order valence-electron chi connectivity index (χ0n) is 12.7. The highest BCUT2D eigenvalue weighted by Gasteiger charge is 2.23. The zero-order valence-corrected chi connectivity index (χ0v) is 13.5. The summed E-state index contributed by atoms with van der Waals surface area (Å²) in [6, 6.07) is 4.00. The van der Waals surface area contributed by atoms with Gasteiger partial charge in [0.15, 0.2) is 11.6 Å². The number of allylic oxidation sites excluding steroid dienone is 1. The maximum atomic E-state index is 13.7. The first-order valence-corrected chi connectivity index (χ1v) is 9.09. The van der Waals surface area contributed by atoms with Crippen LogP contribution in [0.4, 0.5) is 4.39 Å². The molecular weight excluding hydrogens is 305 g/mol. The number of hydrogen-bond donors (Lipinski definition) is 1. The summed E-state index contributed by atoms with van der Waals surface area (Å²) in [6.45, 7) is 5.75. The molecule has 22 heavy (non-hydrogen) atoms. The smallest absolute Gasteiger partial charge is 0.212 e. The van der Waals surface area contributed by atoms with E-state index in [0.717, 1.165) is 12.8 Å². The fourth-order valence-corrected chi connectivity index (χ4v) is 3.30. The molecule has 0 amide bonds. The Labute approximate surface area is 131 Å². The Hall–Kier alpha value is -1.40. The van der Waals surface area contributed by atoms with Gasteiger partial charge in [-0.3, -0.25) is 0 Å². The molecule has 1 aromatic carbocycles. The molecule has 4 nitrogen and oxygen atoms in total. The SMILES string of the molecule is C=CCCS(=O)(=O)NC(C)c1ccc(F)c(OCC2CC2)c1. The molecule has 0 heterocycles. The average Bonchev–Trinajstić information content (AvgIpc) is 3.28. The maximum absolute atomic E-state index is 13.7. The minimum absolute atomic E-state index is 0.00687. The molecule has 1 fully saturated rings. The fourth-order valence-electron chi connectivity index (χ4n) is 2.03.